The van der Waals surface area contributed by atoms with Crippen LogP contribution < -0.4 is 18.1 Å². The highest BCUT2D eigenvalue weighted by Gasteiger charge is 2.53. The van der Waals surface area contributed by atoms with Gasteiger partial charge in [0.15, 0.2) is 0 Å². The maximum atomic E-state index is 15.9. The summed E-state index contributed by atoms with van der Waals surface area (Å²) >= 11 is 0. The summed E-state index contributed by atoms with van der Waals surface area (Å²) in [5.41, 5.74) is 2.84. The van der Waals surface area contributed by atoms with Crippen LogP contribution in [0, 0.1) is 19.8 Å². The number of nitrogens with zero attached hydrogens (tertiary/aromatic N) is 2. The Balaban J connectivity index is 1.38. The van der Waals surface area contributed by atoms with Crippen LogP contribution in [0.1, 0.15) is 156 Å². The van der Waals surface area contributed by atoms with Gasteiger partial charge in [0.1, 0.15) is 23.0 Å². The van der Waals surface area contributed by atoms with Gasteiger partial charge in [0.25, 0.3) is 20.0 Å². The topological polar surface area (TPSA) is 112 Å². The molecular formula is C63H82N2O8P2S2. The number of hydrogen-bond donors (Lipinski definition) is 0. The average molecular weight is 1120 g/mol. The van der Waals surface area contributed by atoms with Crippen molar-refractivity contribution in [3.05, 3.63) is 179 Å². The lowest BCUT2D eigenvalue weighted by atomic mass is 9.76. The molecule has 0 unspecified atom stereocenters. The molecule has 6 aromatic carbocycles. The molecule has 0 heterocycles. The lowest BCUT2D eigenvalue weighted by molar-refractivity contribution is 0.135. The highest BCUT2D eigenvalue weighted by Crippen LogP contribution is 2.58. The fourth-order valence-electron chi connectivity index (χ4n) is 10.0. The number of sulfonamides is 2. The molecule has 77 heavy (non-hydrogen) atoms. The molecule has 0 N–H and O–H groups in total. The molecule has 0 radical (unpaired) electrons. The van der Waals surface area contributed by atoms with Gasteiger partial charge in [0.2, 0.25) is 0 Å². The Hall–Kier alpha value is -4.80. The number of aryl methyl sites for hydroxylation is 2. The highest BCUT2D eigenvalue weighted by atomic mass is 32.2. The van der Waals surface area contributed by atoms with Crippen LogP contribution in [0.25, 0.3) is 0 Å². The van der Waals surface area contributed by atoms with Gasteiger partial charge in [-0.3, -0.25) is 0 Å². The van der Waals surface area contributed by atoms with Crippen LogP contribution in [0.4, 0.5) is 0 Å². The van der Waals surface area contributed by atoms with Crippen molar-refractivity contribution in [3.63, 3.8) is 0 Å². The zero-order chi connectivity index (χ0) is 56.5. The zero-order valence-electron chi connectivity index (χ0n) is 48.2. The van der Waals surface area contributed by atoms with E-state index in [0.717, 1.165) is 33.4 Å². The van der Waals surface area contributed by atoms with E-state index in [0.29, 0.717) is 48.7 Å². The molecule has 0 aromatic heterocycles. The molecule has 0 bridgehead atoms. The molecule has 6 aromatic rings. The summed E-state index contributed by atoms with van der Waals surface area (Å²) in [5.74, 6) is 1.80. The predicted octanol–water partition coefficient (Wildman–Crippen LogP) is 17.3. The summed E-state index contributed by atoms with van der Waals surface area (Å²) in [5, 5.41) is 0. The molecular weight excluding hydrogens is 1040 g/mol. The number of benzene rings is 6. The highest BCUT2D eigenvalue weighted by molar-refractivity contribution is 7.94. The van der Waals surface area contributed by atoms with Gasteiger partial charge in [0, 0.05) is 11.6 Å². The lowest BCUT2D eigenvalue weighted by Gasteiger charge is -2.47. The maximum Gasteiger partial charge on any atom is 0.400 e. The second kappa shape index (κ2) is 23.1. The van der Waals surface area contributed by atoms with Gasteiger partial charge in [-0.1, -0.05) is 195 Å². The minimum absolute atomic E-state index is 0.110. The van der Waals surface area contributed by atoms with Gasteiger partial charge in [-0.05, 0) is 152 Å². The Bertz CT molecular complexity index is 3080. The first kappa shape index (κ1) is 59.9. The standard InChI is InChI=1S/C63H82N2O8P2S2/c1-45-33-41-49(42-34-45)76(66,67)64(74(70-55-29-21-17-25-51(55)59(3,4)5)71-56-30-22-18-26-52(56)60(6,7)8)48-39-37-47(38-40-48)63(15,16)65(77(68,69)50-43-35-46(2)36-44-50)75(72-57-31-23-19-27-53(57)61(9,10)11)73-58-32-24-20-28-54(58)62(12,13)14/h17-36,41-44,47-48H,37-40H2,1-16H3. The summed E-state index contributed by atoms with van der Waals surface area (Å²) in [4.78, 5) is 0.235. The van der Waals surface area contributed by atoms with E-state index in [2.05, 4.69) is 83.1 Å². The van der Waals surface area contributed by atoms with Gasteiger partial charge in [-0.15, -0.1) is 4.08 Å². The van der Waals surface area contributed by atoms with Crippen LogP contribution in [0.5, 0.6) is 23.0 Å². The molecule has 10 nitrogen and oxygen atoms in total. The van der Waals surface area contributed by atoms with Crippen molar-refractivity contribution in [2.45, 2.75) is 179 Å². The van der Waals surface area contributed by atoms with Gasteiger partial charge < -0.3 is 18.1 Å². The number of hydrogen-bond acceptors (Lipinski definition) is 8. The first-order valence-corrected chi connectivity index (χ1v) is 31.9. The molecule has 0 spiro atoms. The van der Waals surface area contributed by atoms with E-state index in [1.807, 2.05) is 149 Å². The molecule has 14 heteroatoms. The van der Waals surface area contributed by atoms with Crippen LogP contribution in [0.15, 0.2) is 155 Å². The third kappa shape index (κ3) is 13.8. The summed E-state index contributed by atoms with van der Waals surface area (Å²) in [6, 6.07) is 44.3. The molecule has 414 valence electrons. The molecule has 0 aliphatic heterocycles. The van der Waals surface area contributed by atoms with E-state index in [-0.39, 0.29) is 37.4 Å². The maximum absolute atomic E-state index is 15.9. The Morgan fingerprint density at radius 2 is 0.675 bits per heavy atom. The summed E-state index contributed by atoms with van der Waals surface area (Å²) in [6.45, 7) is 33.0. The van der Waals surface area contributed by atoms with Crippen molar-refractivity contribution in [1.29, 1.82) is 0 Å². The van der Waals surface area contributed by atoms with Crippen molar-refractivity contribution in [2.75, 3.05) is 0 Å². The van der Waals surface area contributed by atoms with Crippen molar-refractivity contribution in [3.8, 4) is 23.0 Å². The molecule has 7 rings (SSSR count). The van der Waals surface area contributed by atoms with E-state index < -0.39 is 48.7 Å². The van der Waals surface area contributed by atoms with Crippen molar-refractivity contribution in [1.82, 2.24) is 8.15 Å². The third-order valence-corrected chi connectivity index (χ3v) is 22.8. The SMILES string of the molecule is Cc1ccc(S(=O)(=O)N(C2CCC(C(C)(C)N(P(Oc3ccccc3C(C)(C)C)Oc3ccccc3C(C)(C)C)S(=O)(=O)c3ccc(C)cc3)CC2)P(Oc2ccccc2C(C)(C)C)Oc2ccccc2C(C)(C)C)cc1. The van der Waals surface area contributed by atoms with E-state index in [4.69, 9.17) is 18.1 Å². The monoisotopic (exact) mass is 1120 g/mol. The molecule has 0 amide bonds. The molecule has 1 aliphatic carbocycles. The summed E-state index contributed by atoms with van der Waals surface area (Å²) in [6.07, 6.45) is 1.62. The zero-order valence-corrected chi connectivity index (χ0v) is 51.6. The van der Waals surface area contributed by atoms with Crippen molar-refractivity contribution in [2.24, 2.45) is 5.92 Å². The fourth-order valence-corrected chi connectivity index (χ4v) is 17.9. The Morgan fingerprint density at radius 3 is 0.987 bits per heavy atom. The Labute approximate surface area is 465 Å². The normalized spacial score (nSPS) is 16.3. The lowest BCUT2D eigenvalue weighted by Crippen LogP contribution is -2.52. The van der Waals surface area contributed by atoms with Gasteiger partial charge in [-0.2, -0.15) is 0 Å². The molecule has 0 atom stereocenters. The first-order valence-electron chi connectivity index (χ1n) is 26.7. The molecule has 1 fully saturated rings. The van der Waals surface area contributed by atoms with Crippen molar-refractivity contribution >= 4 is 37.1 Å². The molecule has 1 saturated carbocycles. The van der Waals surface area contributed by atoms with Crippen molar-refractivity contribution < 1.29 is 34.9 Å². The third-order valence-electron chi connectivity index (χ3n) is 14.4. The predicted molar refractivity (Wildman–Crippen MR) is 317 cm³/mol. The number of rotatable bonds is 17. The van der Waals surface area contributed by atoms with E-state index in [1.165, 1.54) is 8.15 Å². The Morgan fingerprint density at radius 1 is 0.390 bits per heavy atom. The minimum Gasteiger partial charge on any atom is -0.426 e. The average Bonchev–Trinajstić information content (AvgIpc) is 3.39. The van der Waals surface area contributed by atoms with Gasteiger partial charge in [0.05, 0.1) is 9.79 Å². The van der Waals surface area contributed by atoms with E-state index in [1.54, 1.807) is 24.3 Å². The van der Waals surface area contributed by atoms with E-state index in [9.17, 15) is 0 Å². The fraction of sp³-hybridized carbons (Fsp3) is 0.429. The Kier molecular flexibility index (Phi) is 18.0. The van der Waals surface area contributed by atoms with E-state index >= 15 is 16.8 Å². The summed E-state index contributed by atoms with van der Waals surface area (Å²) in [7, 11) is -13.7. The first-order chi connectivity index (χ1) is 35.8. The van der Waals surface area contributed by atoms with Crippen LogP contribution in [0.2, 0.25) is 0 Å². The van der Waals surface area contributed by atoms with Gasteiger partial charge in [-0.25, -0.2) is 16.8 Å². The van der Waals surface area contributed by atoms with Gasteiger partial charge >= 0.3 is 17.1 Å². The molecule has 0 saturated heterocycles. The number of para-hydroxylation sites is 4. The summed E-state index contributed by atoms with van der Waals surface area (Å²) < 4.78 is 94.8. The second-order valence-electron chi connectivity index (χ2n) is 25.1. The quantitative estimate of drug-likeness (QED) is 0.0830. The van der Waals surface area contributed by atoms with Crippen LogP contribution >= 0.6 is 17.1 Å². The largest absolute Gasteiger partial charge is 0.426 e. The van der Waals surface area contributed by atoms with Crippen LogP contribution in [0.3, 0.4) is 0 Å². The smallest absolute Gasteiger partial charge is 0.400 e. The minimum atomic E-state index is -4.40. The molecule has 1 aliphatic rings. The van der Waals surface area contributed by atoms with Crippen LogP contribution in [-0.2, 0) is 41.7 Å². The second-order valence-corrected chi connectivity index (χ2v) is 31.8. The van der Waals surface area contributed by atoms with Crippen LogP contribution in [-0.4, -0.2) is 36.6 Å².